The number of nitrogens with zero attached hydrogens (tertiary/aromatic N) is 1. The molecule has 0 rings (SSSR count). The van der Waals surface area contributed by atoms with Gasteiger partial charge in [0, 0.05) is 13.0 Å². The predicted molar refractivity (Wildman–Crippen MR) is 69.6 cm³/mol. The Balaban J connectivity index is 4.16. The topological polar surface area (TPSA) is 112 Å². The van der Waals surface area contributed by atoms with Crippen molar-refractivity contribution in [3.63, 3.8) is 0 Å². The minimum absolute atomic E-state index is 0.0376. The minimum Gasteiger partial charge on any atom is -0.480 e. The largest absolute Gasteiger partial charge is 0.480 e. The molecule has 0 heterocycles. The molecule has 0 aliphatic carbocycles. The molecule has 0 aromatic carbocycles. The standard InChI is InChI=1S/C11H21NO6S/c1-12(7-9-19(16,17)18)10(11(14)15)6-4-2-3-5-8-13/h8,10H,2-7,9H2,1H3,(H,14,15)(H,16,17,18). The molecule has 0 spiro atoms. The smallest absolute Gasteiger partial charge is 0.320 e. The molecule has 7 nitrogen and oxygen atoms in total. The van der Waals surface area contributed by atoms with E-state index in [1.807, 2.05) is 0 Å². The van der Waals surface area contributed by atoms with E-state index < -0.39 is 27.9 Å². The molecular formula is C11H21NO6S. The summed E-state index contributed by atoms with van der Waals surface area (Å²) >= 11 is 0. The molecule has 0 aromatic rings. The van der Waals surface area contributed by atoms with Crippen LogP contribution in [0.5, 0.6) is 0 Å². The van der Waals surface area contributed by atoms with E-state index in [0.717, 1.165) is 19.1 Å². The van der Waals surface area contributed by atoms with E-state index in [4.69, 9.17) is 9.66 Å². The van der Waals surface area contributed by atoms with Crippen LogP contribution in [0.4, 0.5) is 0 Å². The molecule has 0 amide bonds. The average Bonchev–Trinajstić information content (AvgIpc) is 2.29. The van der Waals surface area contributed by atoms with Crippen molar-refractivity contribution in [2.45, 2.75) is 38.1 Å². The molecule has 8 heteroatoms. The van der Waals surface area contributed by atoms with Crippen molar-refractivity contribution in [2.24, 2.45) is 0 Å². The van der Waals surface area contributed by atoms with Crippen molar-refractivity contribution in [1.29, 1.82) is 0 Å². The predicted octanol–water partition coefficient (Wildman–Crippen LogP) is 0.409. The van der Waals surface area contributed by atoms with Gasteiger partial charge in [-0.2, -0.15) is 8.42 Å². The highest BCUT2D eigenvalue weighted by molar-refractivity contribution is 7.85. The zero-order chi connectivity index (χ0) is 14.9. The summed E-state index contributed by atoms with van der Waals surface area (Å²) < 4.78 is 29.8. The van der Waals surface area contributed by atoms with Crippen molar-refractivity contribution in [2.75, 3.05) is 19.3 Å². The lowest BCUT2D eigenvalue weighted by Gasteiger charge is -2.23. The van der Waals surface area contributed by atoms with E-state index in [0.29, 0.717) is 19.3 Å². The molecule has 0 bridgehead atoms. The van der Waals surface area contributed by atoms with Crippen LogP contribution in [0, 0.1) is 0 Å². The zero-order valence-electron chi connectivity index (χ0n) is 11.0. The van der Waals surface area contributed by atoms with Crippen LogP contribution < -0.4 is 0 Å². The van der Waals surface area contributed by atoms with Crippen molar-refractivity contribution >= 4 is 22.4 Å². The number of unbranched alkanes of at least 4 members (excludes halogenated alkanes) is 3. The molecule has 0 saturated carbocycles. The van der Waals surface area contributed by atoms with Crippen LogP contribution in [0.1, 0.15) is 32.1 Å². The van der Waals surface area contributed by atoms with Gasteiger partial charge in [0.05, 0.1) is 5.75 Å². The van der Waals surface area contributed by atoms with Gasteiger partial charge < -0.3 is 9.90 Å². The SMILES string of the molecule is CN(CCS(=O)(=O)O)C(CCCCCC=O)C(=O)O. The summed E-state index contributed by atoms with van der Waals surface area (Å²) in [7, 11) is -2.58. The Labute approximate surface area is 113 Å². The molecule has 1 unspecified atom stereocenters. The van der Waals surface area contributed by atoms with E-state index in [9.17, 15) is 18.0 Å². The fourth-order valence-electron chi connectivity index (χ4n) is 1.69. The third-order valence-electron chi connectivity index (χ3n) is 2.82. The Morgan fingerprint density at radius 2 is 1.95 bits per heavy atom. The van der Waals surface area contributed by atoms with E-state index >= 15 is 0 Å². The number of aldehydes is 1. The number of carbonyl (C=O) groups excluding carboxylic acids is 1. The molecular weight excluding hydrogens is 274 g/mol. The van der Waals surface area contributed by atoms with Gasteiger partial charge in [-0.05, 0) is 19.9 Å². The number of carboxylic acid groups (broad SMARTS) is 1. The van der Waals surface area contributed by atoms with Gasteiger partial charge in [-0.1, -0.05) is 12.8 Å². The highest BCUT2D eigenvalue weighted by atomic mass is 32.2. The van der Waals surface area contributed by atoms with Gasteiger partial charge in [-0.3, -0.25) is 14.2 Å². The van der Waals surface area contributed by atoms with Crippen LogP contribution >= 0.6 is 0 Å². The summed E-state index contributed by atoms with van der Waals surface area (Å²) in [4.78, 5) is 22.6. The number of carboxylic acids is 1. The summed E-state index contributed by atoms with van der Waals surface area (Å²) in [6.45, 7) is -0.0376. The Kier molecular flexibility index (Phi) is 8.53. The minimum atomic E-state index is -4.08. The lowest BCUT2D eigenvalue weighted by Crippen LogP contribution is -2.40. The van der Waals surface area contributed by atoms with Crippen LogP contribution in [0.3, 0.4) is 0 Å². The summed E-state index contributed by atoms with van der Waals surface area (Å²) in [5.41, 5.74) is 0. The van der Waals surface area contributed by atoms with E-state index in [1.165, 1.54) is 11.9 Å². The van der Waals surface area contributed by atoms with Gasteiger partial charge in [0.1, 0.15) is 12.3 Å². The fraction of sp³-hybridized carbons (Fsp3) is 0.818. The Bertz CT molecular complexity index is 381. The Morgan fingerprint density at radius 3 is 2.42 bits per heavy atom. The summed E-state index contributed by atoms with van der Waals surface area (Å²) in [5, 5.41) is 9.07. The van der Waals surface area contributed by atoms with Gasteiger partial charge in [0.15, 0.2) is 0 Å². The molecule has 2 N–H and O–H groups in total. The molecule has 0 saturated heterocycles. The first-order chi connectivity index (χ1) is 8.78. The first-order valence-electron chi connectivity index (χ1n) is 6.09. The number of rotatable bonds is 11. The van der Waals surface area contributed by atoms with Crippen LogP contribution in [-0.4, -0.2) is 60.6 Å². The number of likely N-dealkylation sites (N-methyl/N-ethyl adjacent to an activating group) is 1. The first kappa shape index (κ1) is 18.0. The third-order valence-corrected chi connectivity index (χ3v) is 3.52. The third kappa shape index (κ3) is 9.57. The quantitative estimate of drug-likeness (QED) is 0.322. The van der Waals surface area contributed by atoms with Crippen LogP contribution in [0.25, 0.3) is 0 Å². The van der Waals surface area contributed by atoms with Gasteiger partial charge in [-0.15, -0.1) is 0 Å². The molecule has 0 aliphatic rings. The molecule has 0 radical (unpaired) electrons. The Hall–Kier alpha value is -0.990. The van der Waals surface area contributed by atoms with E-state index in [-0.39, 0.29) is 6.54 Å². The monoisotopic (exact) mass is 295 g/mol. The summed E-state index contributed by atoms with van der Waals surface area (Å²) in [5.74, 6) is -1.51. The molecule has 0 aliphatic heterocycles. The molecule has 19 heavy (non-hydrogen) atoms. The van der Waals surface area contributed by atoms with Crippen LogP contribution in [0.2, 0.25) is 0 Å². The van der Waals surface area contributed by atoms with Gasteiger partial charge >= 0.3 is 5.97 Å². The second kappa shape index (κ2) is 9.00. The zero-order valence-corrected chi connectivity index (χ0v) is 11.8. The van der Waals surface area contributed by atoms with Crippen LogP contribution in [-0.2, 0) is 19.7 Å². The summed E-state index contributed by atoms with van der Waals surface area (Å²) in [6, 6.07) is -0.780. The summed E-state index contributed by atoms with van der Waals surface area (Å²) in [6.07, 6.45) is 3.82. The molecule has 112 valence electrons. The van der Waals surface area contributed by atoms with Gasteiger partial charge in [0.25, 0.3) is 10.1 Å². The number of carbonyl (C=O) groups is 2. The molecule has 0 aromatic heterocycles. The maximum atomic E-state index is 11.1. The first-order valence-corrected chi connectivity index (χ1v) is 7.70. The number of aliphatic carboxylic acids is 1. The highest BCUT2D eigenvalue weighted by Gasteiger charge is 2.22. The highest BCUT2D eigenvalue weighted by Crippen LogP contribution is 2.10. The lowest BCUT2D eigenvalue weighted by atomic mass is 10.1. The van der Waals surface area contributed by atoms with E-state index in [2.05, 4.69) is 0 Å². The number of hydrogen-bond acceptors (Lipinski definition) is 5. The normalized spacial score (nSPS) is 13.4. The van der Waals surface area contributed by atoms with Crippen molar-refractivity contribution in [1.82, 2.24) is 4.90 Å². The molecule has 1 atom stereocenters. The maximum absolute atomic E-state index is 11.1. The van der Waals surface area contributed by atoms with Crippen LogP contribution in [0.15, 0.2) is 0 Å². The van der Waals surface area contributed by atoms with Crippen molar-refractivity contribution in [3.05, 3.63) is 0 Å². The second-order valence-corrected chi connectivity index (χ2v) is 6.00. The fourth-order valence-corrected chi connectivity index (χ4v) is 2.21. The maximum Gasteiger partial charge on any atom is 0.320 e. The van der Waals surface area contributed by atoms with E-state index in [1.54, 1.807) is 0 Å². The van der Waals surface area contributed by atoms with Crippen molar-refractivity contribution < 1.29 is 27.7 Å². The van der Waals surface area contributed by atoms with Crippen molar-refractivity contribution in [3.8, 4) is 0 Å². The number of hydrogen-bond donors (Lipinski definition) is 2. The molecule has 0 fully saturated rings. The average molecular weight is 295 g/mol. The second-order valence-electron chi connectivity index (χ2n) is 4.43. The van der Waals surface area contributed by atoms with Gasteiger partial charge in [0.2, 0.25) is 0 Å². The Morgan fingerprint density at radius 1 is 1.32 bits per heavy atom. The van der Waals surface area contributed by atoms with Gasteiger partial charge in [-0.25, -0.2) is 0 Å². The lowest BCUT2D eigenvalue weighted by molar-refractivity contribution is -0.143.